The Morgan fingerprint density at radius 2 is 2.16 bits per heavy atom. The van der Waals surface area contributed by atoms with E-state index in [2.05, 4.69) is 5.32 Å². The standard InChI is InChI=1S/C13H16N2O4/c1-8(2)15-10-5-3-4-6-11(10)19-7-9(12(15)16)14-13(17)18/h3-6,8-9,14H,7H2,1-2H3,(H,17,18)/t9-/m0/s1. The van der Waals surface area contributed by atoms with Crippen molar-refractivity contribution in [3.05, 3.63) is 24.3 Å². The summed E-state index contributed by atoms with van der Waals surface area (Å²) in [5, 5.41) is 11.0. The minimum absolute atomic E-state index is 0.00856. The van der Waals surface area contributed by atoms with Crippen LogP contribution < -0.4 is 15.0 Å². The van der Waals surface area contributed by atoms with Crippen LogP contribution in [0.2, 0.25) is 0 Å². The molecule has 2 N–H and O–H groups in total. The second-order valence-corrected chi connectivity index (χ2v) is 4.58. The maximum absolute atomic E-state index is 12.4. The van der Waals surface area contributed by atoms with Gasteiger partial charge < -0.3 is 20.1 Å². The highest BCUT2D eigenvalue weighted by Gasteiger charge is 2.33. The Bertz CT molecular complexity index is 501. The van der Waals surface area contributed by atoms with Crippen molar-refractivity contribution in [1.29, 1.82) is 0 Å². The Morgan fingerprint density at radius 3 is 2.79 bits per heavy atom. The smallest absolute Gasteiger partial charge is 0.405 e. The minimum Gasteiger partial charge on any atom is -0.489 e. The van der Waals surface area contributed by atoms with Crippen LogP contribution in [0.15, 0.2) is 24.3 Å². The third-order valence-corrected chi connectivity index (χ3v) is 2.88. The fraction of sp³-hybridized carbons (Fsp3) is 0.385. The Hall–Kier alpha value is -2.24. The van der Waals surface area contributed by atoms with Crippen LogP contribution in [0, 0.1) is 0 Å². The van der Waals surface area contributed by atoms with Crippen LogP contribution in [0.3, 0.4) is 0 Å². The van der Waals surface area contributed by atoms with Crippen molar-refractivity contribution in [2.75, 3.05) is 11.5 Å². The maximum atomic E-state index is 12.4. The zero-order valence-electron chi connectivity index (χ0n) is 10.8. The van der Waals surface area contributed by atoms with Gasteiger partial charge >= 0.3 is 6.09 Å². The number of fused-ring (bicyclic) bond motifs is 1. The molecule has 1 aliphatic rings. The van der Waals surface area contributed by atoms with Gasteiger partial charge in [-0.3, -0.25) is 4.79 Å². The Labute approximate surface area is 111 Å². The summed E-state index contributed by atoms with van der Waals surface area (Å²) in [4.78, 5) is 24.7. The Kier molecular flexibility index (Phi) is 3.59. The van der Waals surface area contributed by atoms with Gasteiger partial charge in [0.1, 0.15) is 18.4 Å². The lowest BCUT2D eigenvalue weighted by molar-refractivity contribution is -0.121. The Morgan fingerprint density at radius 1 is 1.47 bits per heavy atom. The molecule has 6 heteroatoms. The van der Waals surface area contributed by atoms with Gasteiger partial charge in [-0.05, 0) is 26.0 Å². The highest BCUT2D eigenvalue weighted by Crippen LogP contribution is 2.32. The summed E-state index contributed by atoms with van der Waals surface area (Å²) in [6.07, 6.45) is -1.24. The Balaban J connectivity index is 2.39. The number of nitrogens with zero attached hydrogens (tertiary/aromatic N) is 1. The maximum Gasteiger partial charge on any atom is 0.405 e. The van der Waals surface area contributed by atoms with Crippen molar-refractivity contribution >= 4 is 17.7 Å². The normalized spacial score (nSPS) is 18.6. The van der Waals surface area contributed by atoms with Crippen molar-refractivity contribution in [3.8, 4) is 5.75 Å². The largest absolute Gasteiger partial charge is 0.489 e. The zero-order valence-corrected chi connectivity index (χ0v) is 10.8. The molecule has 102 valence electrons. The van der Waals surface area contributed by atoms with Crippen molar-refractivity contribution in [3.63, 3.8) is 0 Å². The number of hydrogen-bond acceptors (Lipinski definition) is 3. The highest BCUT2D eigenvalue weighted by molar-refractivity contribution is 6.00. The molecule has 1 aliphatic heterocycles. The predicted molar refractivity (Wildman–Crippen MR) is 69.5 cm³/mol. The van der Waals surface area contributed by atoms with Gasteiger partial charge in [0.2, 0.25) is 0 Å². The van der Waals surface area contributed by atoms with E-state index in [9.17, 15) is 9.59 Å². The summed E-state index contributed by atoms with van der Waals surface area (Å²) >= 11 is 0. The summed E-state index contributed by atoms with van der Waals surface area (Å²) < 4.78 is 5.52. The summed E-state index contributed by atoms with van der Waals surface area (Å²) in [5.74, 6) is 0.279. The molecule has 1 heterocycles. The molecule has 0 aromatic heterocycles. The van der Waals surface area contributed by atoms with Gasteiger partial charge in [-0.2, -0.15) is 0 Å². The molecule has 0 bridgehead atoms. The number of carbonyl (C=O) groups is 2. The van der Waals surface area contributed by atoms with Crippen LogP contribution in [0.5, 0.6) is 5.75 Å². The van der Waals surface area contributed by atoms with Gasteiger partial charge in [-0.15, -0.1) is 0 Å². The first-order valence-corrected chi connectivity index (χ1v) is 6.05. The molecule has 0 fully saturated rings. The van der Waals surface area contributed by atoms with Crippen molar-refractivity contribution in [2.45, 2.75) is 25.9 Å². The number of anilines is 1. The van der Waals surface area contributed by atoms with E-state index in [1.54, 1.807) is 17.0 Å². The number of ether oxygens (including phenoxy) is 1. The monoisotopic (exact) mass is 264 g/mol. The van der Waals surface area contributed by atoms with E-state index >= 15 is 0 Å². The molecule has 1 aromatic carbocycles. The lowest BCUT2D eigenvalue weighted by Gasteiger charge is -2.27. The molecule has 2 rings (SSSR count). The topological polar surface area (TPSA) is 78.9 Å². The molecule has 6 nitrogen and oxygen atoms in total. The van der Waals surface area contributed by atoms with Crippen molar-refractivity contribution < 1.29 is 19.4 Å². The van der Waals surface area contributed by atoms with Gasteiger partial charge in [-0.1, -0.05) is 12.1 Å². The molecule has 1 atom stereocenters. The van der Waals surface area contributed by atoms with Crippen LogP contribution in [-0.2, 0) is 4.79 Å². The summed E-state index contributed by atoms with van der Waals surface area (Å²) in [7, 11) is 0. The molecule has 2 amide bonds. The predicted octanol–water partition coefficient (Wildman–Crippen LogP) is 1.46. The molecule has 1 aromatic rings. The fourth-order valence-electron chi connectivity index (χ4n) is 2.09. The van der Waals surface area contributed by atoms with Crippen LogP contribution in [0.4, 0.5) is 10.5 Å². The molecule has 0 radical (unpaired) electrons. The number of nitrogens with one attached hydrogen (secondary N) is 1. The number of carboxylic acid groups (broad SMARTS) is 1. The zero-order chi connectivity index (χ0) is 14.0. The number of hydrogen-bond donors (Lipinski definition) is 2. The number of benzene rings is 1. The quantitative estimate of drug-likeness (QED) is 0.847. The molecule has 19 heavy (non-hydrogen) atoms. The van der Waals surface area contributed by atoms with Crippen LogP contribution in [0.1, 0.15) is 13.8 Å². The molecule has 0 saturated heterocycles. The average Bonchev–Trinajstić information content (AvgIpc) is 2.47. The second kappa shape index (κ2) is 5.17. The van der Waals surface area contributed by atoms with E-state index in [1.807, 2.05) is 26.0 Å². The number of carbonyl (C=O) groups excluding carboxylic acids is 1. The van der Waals surface area contributed by atoms with E-state index in [-0.39, 0.29) is 18.6 Å². The molecule has 0 aliphatic carbocycles. The van der Waals surface area contributed by atoms with E-state index in [0.29, 0.717) is 11.4 Å². The summed E-state index contributed by atoms with van der Waals surface area (Å²) in [5.41, 5.74) is 0.664. The molecule has 0 spiro atoms. The van der Waals surface area contributed by atoms with Crippen LogP contribution in [-0.4, -0.2) is 35.8 Å². The fourth-order valence-corrected chi connectivity index (χ4v) is 2.09. The van der Waals surface area contributed by atoms with Gasteiger partial charge in [0.25, 0.3) is 5.91 Å². The van der Waals surface area contributed by atoms with Gasteiger partial charge in [0.05, 0.1) is 5.69 Å². The van der Waals surface area contributed by atoms with Crippen LogP contribution >= 0.6 is 0 Å². The van der Waals surface area contributed by atoms with Crippen molar-refractivity contribution in [1.82, 2.24) is 5.32 Å². The SMILES string of the molecule is CC(C)N1C(=O)[C@@H](NC(=O)O)COc2ccccc21. The number of para-hydroxylation sites is 2. The van der Waals surface area contributed by atoms with Gasteiger partial charge in [0.15, 0.2) is 0 Å². The van der Waals surface area contributed by atoms with E-state index in [0.717, 1.165) is 0 Å². The number of amides is 2. The minimum atomic E-state index is -1.24. The average molecular weight is 264 g/mol. The third-order valence-electron chi connectivity index (χ3n) is 2.88. The lowest BCUT2D eigenvalue weighted by Crippen LogP contribution is -2.51. The summed E-state index contributed by atoms with van der Waals surface area (Å²) in [6.45, 7) is 3.74. The van der Waals surface area contributed by atoms with Gasteiger partial charge in [0, 0.05) is 6.04 Å². The lowest BCUT2D eigenvalue weighted by atomic mass is 10.2. The highest BCUT2D eigenvalue weighted by atomic mass is 16.5. The first kappa shape index (κ1) is 13.2. The third kappa shape index (κ3) is 2.62. The number of rotatable bonds is 2. The van der Waals surface area contributed by atoms with Crippen molar-refractivity contribution in [2.24, 2.45) is 0 Å². The first-order valence-electron chi connectivity index (χ1n) is 6.05. The molecular formula is C13H16N2O4. The van der Waals surface area contributed by atoms with Crippen LogP contribution in [0.25, 0.3) is 0 Å². The summed E-state index contributed by atoms with van der Waals surface area (Å²) in [6, 6.07) is 6.20. The molecule has 0 unspecified atom stereocenters. The second-order valence-electron chi connectivity index (χ2n) is 4.58. The van der Waals surface area contributed by atoms with Gasteiger partial charge in [-0.25, -0.2) is 4.79 Å². The molecule has 0 saturated carbocycles. The van der Waals surface area contributed by atoms with E-state index < -0.39 is 12.1 Å². The van der Waals surface area contributed by atoms with E-state index in [4.69, 9.17) is 9.84 Å². The first-order chi connectivity index (χ1) is 9.00. The van der Waals surface area contributed by atoms with E-state index in [1.165, 1.54) is 0 Å². The molecular weight excluding hydrogens is 248 g/mol.